The summed E-state index contributed by atoms with van der Waals surface area (Å²) in [7, 11) is 0. The van der Waals surface area contributed by atoms with Crippen LogP contribution in [0.15, 0.2) is 24.3 Å². The van der Waals surface area contributed by atoms with E-state index < -0.39 is 5.97 Å². The molecular formula is C13H14N4O3. The van der Waals surface area contributed by atoms with Crippen LogP contribution in [0, 0.1) is 0 Å². The van der Waals surface area contributed by atoms with E-state index in [1.165, 1.54) is 4.68 Å². The van der Waals surface area contributed by atoms with Gasteiger partial charge < -0.3 is 9.84 Å². The van der Waals surface area contributed by atoms with E-state index >= 15 is 0 Å². The third-order valence-corrected chi connectivity index (χ3v) is 3.34. The van der Waals surface area contributed by atoms with Gasteiger partial charge in [-0.05, 0) is 29.0 Å². The predicted octanol–water partition coefficient (Wildman–Crippen LogP) is 1.38. The number of tetrazole rings is 1. The van der Waals surface area contributed by atoms with E-state index in [2.05, 4.69) is 15.5 Å². The normalized spacial score (nSPS) is 18.4. The fraction of sp³-hybridized carbons (Fsp3) is 0.385. The van der Waals surface area contributed by atoms with Gasteiger partial charge in [-0.1, -0.05) is 18.2 Å². The molecule has 0 saturated carbocycles. The van der Waals surface area contributed by atoms with Crippen LogP contribution in [0.5, 0.6) is 5.75 Å². The van der Waals surface area contributed by atoms with Crippen LogP contribution in [0.25, 0.3) is 0 Å². The molecule has 1 N–H and O–H groups in total. The second kappa shape index (κ2) is 4.92. The largest absolute Gasteiger partial charge is 0.482 e. The highest BCUT2D eigenvalue weighted by atomic mass is 16.5. The molecule has 3 rings (SSSR count). The number of benzene rings is 1. The molecule has 2 unspecified atom stereocenters. The van der Waals surface area contributed by atoms with E-state index in [1.54, 1.807) is 6.92 Å². The maximum atomic E-state index is 10.8. The first-order chi connectivity index (χ1) is 9.65. The second-order valence-corrected chi connectivity index (χ2v) is 4.85. The van der Waals surface area contributed by atoms with Gasteiger partial charge >= 0.3 is 5.97 Å². The summed E-state index contributed by atoms with van der Waals surface area (Å²) in [5.74, 6) is 0.516. The minimum absolute atomic E-state index is 0.0301. The zero-order valence-electron chi connectivity index (χ0n) is 10.9. The summed E-state index contributed by atoms with van der Waals surface area (Å²) in [6.07, 6.45) is 0.396. The summed E-state index contributed by atoms with van der Waals surface area (Å²) in [4.78, 5) is 10.8. The lowest BCUT2D eigenvalue weighted by molar-refractivity contribution is -0.137. The fourth-order valence-corrected chi connectivity index (χ4v) is 2.39. The van der Waals surface area contributed by atoms with Gasteiger partial charge in [0.25, 0.3) is 0 Å². The highest BCUT2D eigenvalue weighted by Gasteiger charge is 2.30. The summed E-state index contributed by atoms with van der Waals surface area (Å²) in [5.41, 5.74) is 1.11. The van der Waals surface area contributed by atoms with Crippen LogP contribution in [-0.4, -0.2) is 31.3 Å². The Labute approximate surface area is 115 Å². The van der Waals surface area contributed by atoms with Crippen LogP contribution in [0.4, 0.5) is 0 Å². The SMILES string of the molecule is CC(CC(=O)O)n1nnnc1C1Cc2ccccc2O1. The van der Waals surface area contributed by atoms with Gasteiger partial charge in [-0.25, -0.2) is 4.68 Å². The number of carbonyl (C=O) groups is 1. The van der Waals surface area contributed by atoms with E-state index in [0.717, 1.165) is 11.3 Å². The quantitative estimate of drug-likeness (QED) is 0.906. The molecule has 1 aliphatic heterocycles. The number of carboxylic acid groups (broad SMARTS) is 1. The van der Waals surface area contributed by atoms with Gasteiger partial charge in [0.2, 0.25) is 0 Å². The van der Waals surface area contributed by atoms with Crippen LogP contribution < -0.4 is 4.74 Å². The van der Waals surface area contributed by atoms with E-state index in [0.29, 0.717) is 12.2 Å². The third-order valence-electron chi connectivity index (χ3n) is 3.34. The Morgan fingerprint density at radius 1 is 1.55 bits per heavy atom. The molecule has 1 aliphatic rings. The molecule has 7 nitrogen and oxygen atoms in total. The maximum Gasteiger partial charge on any atom is 0.305 e. The zero-order chi connectivity index (χ0) is 14.1. The zero-order valence-corrected chi connectivity index (χ0v) is 10.9. The molecular weight excluding hydrogens is 260 g/mol. The number of carboxylic acids is 1. The fourth-order valence-electron chi connectivity index (χ4n) is 2.39. The standard InChI is InChI=1S/C13H14N4O3/c1-8(6-12(18)19)17-13(14-15-16-17)11-7-9-4-2-3-5-10(9)20-11/h2-5,8,11H,6-7H2,1H3,(H,18,19). The average Bonchev–Trinajstić information content (AvgIpc) is 3.04. The molecule has 2 heterocycles. The molecule has 2 aromatic rings. The maximum absolute atomic E-state index is 10.8. The van der Waals surface area contributed by atoms with Crippen LogP contribution in [0.3, 0.4) is 0 Å². The lowest BCUT2D eigenvalue weighted by Gasteiger charge is -2.14. The smallest absolute Gasteiger partial charge is 0.305 e. The molecule has 1 aromatic heterocycles. The Morgan fingerprint density at radius 2 is 2.35 bits per heavy atom. The van der Waals surface area contributed by atoms with Crippen molar-refractivity contribution in [2.24, 2.45) is 0 Å². The first-order valence-corrected chi connectivity index (χ1v) is 6.39. The summed E-state index contributed by atoms with van der Waals surface area (Å²) in [6.45, 7) is 1.77. The first kappa shape index (κ1) is 12.6. The van der Waals surface area contributed by atoms with Gasteiger partial charge in [0.15, 0.2) is 11.9 Å². The minimum Gasteiger partial charge on any atom is -0.482 e. The van der Waals surface area contributed by atoms with Crippen molar-refractivity contribution in [3.8, 4) is 5.75 Å². The third kappa shape index (κ3) is 2.22. The van der Waals surface area contributed by atoms with Gasteiger partial charge in [-0.15, -0.1) is 5.10 Å². The number of rotatable bonds is 4. The van der Waals surface area contributed by atoms with Crippen molar-refractivity contribution in [1.29, 1.82) is 0 Å². The Bertz CT molecular complexity index is 615. The Balaban J connectivity index is 1.83. The molecule has 0 spiro atoms. The van der Waals surface area contributed by atoms with Gasteiger partial charge in [0.1, 0.15) is 5.75 Å². The van der Waals surface area contributed by atoms with Crippen LogP contribution in [0.2, 0.25) is 0 Å². The number of aliphatic carboxylic acids is 1. The summed E-state index contributed by atoms with van der Waals surface area (Å²) >= 11 is 0. The molecule has 1 aromatic carbocycles. The number of fused-ring (bicyclic) bond motifs is 1. The van der Waals surface area contributed by atoms with Gasteiger partial charge in [0, 0.05) is 6.42 Å². The lowest BCUT2D eigenvalue weighted by atomic mass is 10.1. The van der Waals surface area contributed by atoms with Crippen molar-refractivity contribution in [2.75, 3.05) is 0 Å². The summed E-state index contributed by atoms with van der Waals surface area (Å²) in [5, 5.41) is 20.4. The van der Waals surface area contributed by atoms with Crippen molar-refractivity contribution in [3.63, 3.8) is 0 Å². The lowest BCUT2D eigenvalue weighted by Crippen LogP contribution is -2.18. The second-order valence-electron chi connectivity index (χ2n) is 4.85. The molecule has 0 bridgehead atoms. The predicted molar refractivity (Wildman–Crippen MR) is 68.3 cm³/mol. The molecule has 0 amide bonds. The molecule has 20 heavy (non-hydrogen) atoms. The Hall–Kier alpha value is -2.44. The van der Waals surface area contributed by atoms with Crippen LogP contribution in [-0.2, 0) is 11.2 Å². The molecule has 7 heteroatoms. The molecule has 104 valence electrons. The van der Waals surface area contributed by atoms with Crippen molar-refractivity contribution in [2.45, 2.75) is 31.9 Å². The molecule has 0 aliphatic carbocycles. The summed E-state index contributed by atoms with van der Waals surface area (Å²) in [6, 6.07) is 7.47. The van der Waals surface area contributed by atoms with Crippen molar-refractivity contribution >= 4 is 5.97 Å². The number of hydrogen-bond donors (Lipinski definition) is 1. The van der Waals surface area contributed by atoms with Gasteiger partial charge in [-0.2, -0.15) is 0 Å². The number of hydrogen-bond acceptors (Lipinski definition) is 5. The molecule has 0 fully saturated rings. The number of aromatic nitrogens is 4. The van der Waals surface area contributed by atoms with E-state index in [-0.39, 0.29) is 18.6 Å². The molecule has 0 radical (unpaired) electrons. The van der Waals surface area contributed by atoms with Crippen LogP contribution in [0.1, 0.15) is 36.9 Å². The molecule has 2 atom stereocenters. The minimum atomic E-state index is -0.880. The highest BCUT2D eigenvalue weighted by molar-refractivity contribution is 5.67. The number of nitrogens with zero attached hydrogens (tertiary/aromatic N) is 4. The van der Waals surface area contributed by atoms with Gasteiger partial charge in [-0.3, -0.25) is 4.79 Å². The number of ether oxygens (including phenoxy) is 1. The van der Waals surface area contributed by atoms with Crippen molar-refractivity contribution in [3.05, 3.63) is 35.7 Å². The first-order valence-electron chi connectivity index (χ1n) is 6.39. The van der Waals surface area contributed by atoms with Crippen molar-refractivity contribution in [1.82, 2.24) is 20.2 Å². The molecule has 0 saturated heterocycles. The Kier molecular flexibility index (Phi) is 3.09. The number of para-hydroxylation sites is 1. The monoisotopic (exact) mass is 274 g/mol. The summed E-state index contributed by atoms with van der Waals surface area (Å²) < 4.78 is 7.37. The van der Waals surface area contributed by atoms with Gasteiger partial charge in [0.05, 0.1) is 12.5 Å². The van der Waals surface area contributed by atoms with Crippen LogP contribution >= 0.6 is 0 Å². The van der Waals surface area contributed by atoms with E-state index in [4.69, 9.17) is 9.84 Å². The van der Waals surface area contributed by atoms with Crippen molar-refractivity contribution < 1.29 is 14.6 Å². The van der Waals surface area contributed by atoms with E-state index in [9.17, 15) is 4.79 Å². The topological polar surface area (TPSA) is 90.1 Å². The highest BCUT2D eigenvalue weighted by Crippen LogP contribution is 2.35. The van der Waals surface area contributed by atoms with E-state index in [1.807, 2.05) is 24.3 Å². The Morgan fingerprint density at radius 3 is 3.10 bits per heavy atom. The average molecular weight is 274 g/mol.